The molecule has 3 heterocycles. The number of nitrogens with one attached hydrogen (secondary N) is 1. The van der Waals surface area contributed by atoms with E-state index in [9.17, 15) is 4.79 Å². The Balaban J connectivity index is 1.41. The average Bonchev–Trinajstić information content (AvgIpc) is 3.38. The molecule has 0 saturated heterocycles. The van der Waals surface area contributed by atoms with Crippen LogP contribution in [0.25, 0.3) is 32.7 Å². The smallest absolute Gasteiger partial charge is 0.269 e. The first-order chi connectivity index (χ1) is 15.9. The third-order valence-electron chi connectivity index (χ3n) is 4.87. The van der Waals surface area contributed by atoms with Crippen molar-refractivity contribution in [3.05, 3.63) is 79.9 Å². The number of nitrogen functional groups attached to an aromatic ring is 1. The van der Waals surface area contributed by atoms with E-state index in [0.717, 1.165) is 22.2 Å². The van der Waals surface area contributed by atoms with Gasteiger partial charge in [0.25, 0.3) is 5.91 Å². The fraction of sp³-hybridized carbons (Fsp3) is 0. The van der Waals surface area contributed by atoms with E-state index in [-0.39, 0.29) is 5.91 Å². The van der Waals surface area contributed by atoms with Crippen molar-refractivity contribution in [2.75, 3.05) is 11.1 Å². The monoisotopic (exact) mass is 530 g/mol. The van der Waals surface area contributed by atoms with E-state index in [1.807, 2.05) is 41.8 Å². The summed E-state index contributed by atoms with van der Waals surface area (Å²) in [7, 11) is 0. The molecule has 10 heteroatoms. The maximum absolute atomic E-state index is 13.0. The highest BCUT2D eigenvalue weighted by atomic mass is 35.5. The van der Waals surface area contributed by atoms with Gasteiger partial charge in [0.2, 0.25) is 0 Å². The Labute approximate surface area is 211 Å². The van der Waals surface area contributed by atoms with Gasteiger partial charge >= 0.3 is 0 Å². The number of anilines is 2. The van der Waals surface area contributed by atoms with E-state index in [2.05, 4.69) is 15.3 Å². The molecule has 5 nitrogen and oxygen atoms in total. The van der Waals surface area contributed by atoms with Gasteiger partial charge in [0.15, 0.2) is 5.13 Å². The molecular weight excluding hydrogens is 519 g/mol. The van der Waals surface area contributed by atoms with Gasteiger partial charge < -0.3 is 5.73 Å². The molecule has 1 amide bonds. The number of halogens is 3. The molecule has 0 unspecified atom stereocenters. The van der Waals surface area contributed by atoms with Crippen molar-refractivity contribution in [2.45, 2.75) is 0 Å². The summed E-state index contributed by atoms with van der Waals surface area (Å²) < 4.78 is 0. The minimum absolute atomic E-state index is 0.341. The summed E-state index contributed by atoms with van der Waals surface area (Å²) in [5.74, 6) is -0.341. The van der Waals surface area contributed by atoms with Crippen molar-refractivity contribution < 1.29 is 4.79 Å². The van der Waals surface area contributed by atoms with Gasteiger partial charge in [0.1, 0.15) is 9.71 Å². The molecule has 2 aromatic carbocycles. The van der Waals surface area contributed by atoms with E-state index in [1.54, 1.807) is 18.2 Å². The minimum atomic E-state index is -0.341. The van der Waals surface area contributed by atoms with E-state index in [1.165, 1.54) is 22.7 Å². The number of thiazole rings is 1. The molecule has 3 N–H and O–H groups in total. The van der Waals surface area contributed by atoms with E-state index in [0.29, 0.717) is 41.3 Å². The number of aromatic nitrogens is 2. The van der Waals surface area contributed by atoms with E-state index >= 15 is 0 Å². The number of thiophene rings is 1. The van der Waals surface area contributed by atoms with Crippen molar-refractivity contribution in [1.82, 2.24) is 9.97 Å². The summed E-state index contributed by atoms with van der Waals surface area (Å²) in [4.78, 5) is 23.2. The molecule has 5 rings (SSSR count). The number of carbonyl (C=O) groups is 1. The van der Waals surface area contributed by atoms with Crippen LogP contribution in [0.5, 0.6) is 0 Å². The standard InChI is InChI=1S/C23H13Cl3N4OS2/c24-12-3-1-11(2-4-12)17-8-7-15-19(27)20(33-22(15)28-17)21(31)30-23-29-18(10-32-23)14-6-5-13(25)9-16(14)26/h1-10H,27H2,(H,29,30,31). The lowest BCUT2D eigenvalue weighted by Crippen LogP contribution is -2.11. The second-order valence-corrected chi connectivity index (χ2v) is 10.2. The fourth-order valence-electron chi connectivity index (χ4n) is 3.25. The normalized spacial score (nSPS) is 11.1. The van der Waals surface area contributed by atoms with Crippen LogP contribution in [-0.2, 0) is 0 Å². The minimum Gasteiger partial charge on any atom is -0.397 e. The first kappa shape index (κ1) is 22.1. The molecule has 0 aliphatic carbocycles. The van der Waals surface area contributed by atoms with Gasteiger partial charge in [-0.25, -0.2) is 9.97 Å². The highest BCUT2D eigenvalue weighted by Gasteiger charge is 2.19. The van der Waals surface area contributed by atoms with Crippen LogP contribution in [-0.4, -0.2) is 15.9 Å². The SMILES string of the molecule is Nc1c(C(=O)Nc2nc(-c3ccc(Cl)cc3Cl)cs2)sc2nc(-c3ccc(Cl)cc3)ccc12. The first-order valence-corrected chi connectivity index (χ1v) is 12.4. The van der Waals surface area contributed by atoms with Crippen LogP contribution in [0.3, 0.4) is 0 Å². The Morgan fingerprint density at radius 1 is 0.909 bits per heavy atom. The van der Waals surface area contributed by atoms with Gasteiger partial charge in [-0.15, -0.1) is 22.7 Å². The second kappa shape index (κ2) is 8.93. The maximum atomic E-state index is 13.0. The Morgan fingerprint density at radius 3 is 2.42 bits per heavy atom. The van der Waals surface area contributed by atoms with Crippen LogP contribution in [0.2, 0.25) is 15.1 Å². The predicted molar refractivity (Wildman–Crippen MR) is 140 cm³/mol. The van der Waals surface area contributed by atoms with Gasteiger partial charge in [-0.1, -0.05) is 46.9 Å². The summed E-state index contributed by atoms with van der Waals surface area (Å²) in [6, 6.07) is 16.3. The van der Waals surface area contributed by atoms with Crippen LogP contribution < -0.4 is 11.1 Å². The number of carbonyl (C=O) groups excluding carboxylic acids is 1. The quantitative estimate of drug-likeness (QED) is 0.247. The highest BCUT2D eigenvalue weighted by molar-refractivity contribution is 7.21. The summed E-state index contributed by atoms with van der Waals surface area (Å²) in [5, 5.41) is 7.49. The van der Waals surface area contributed by atoms with Crippen molar-refractivity contribution in [2.24, 2.45) is 0 Å². The number of benzene rings is 2. The molecule has 0 aliphatic heterocycles. The topological polar surface area (TPSA) is 80.9 Å². The summed E-state index contributed by atoms with van der Waals surface area (Å²) in [6.07, 6.45) is 0. The fourth-order valence-corrected chi connectivity index (χ4v) is 5.58. The molecular formula is C23H13Cl3N4OS2. The van der Waals surface area contributed by atoms with Crippen molar-refractivity contribution in [3.63, 3.8) is 0 Å². The van der Waals surface area contributed by atoms with Crippen molar-refractivity contribution in [3.8, 4) is 22.5 Å². The van der Waals surface area contributed by atoms with Gasteiger partial charge in [-0.2, -0.15) is 0 Å². The molecule has 0 radical (unpaired) electrons. The molecule has 5 aromatic rings. The van der Waals surface area contributed by atoms with E-state index in [4.69, 9.17) is 40.5 Å². The van der Waals surface area contributed by atoms with Crippen molar-refractivity contribution in [1.29, 1.82) is 0 Å². The van der Waals surface area contributed by atoms with Gasteiger partial charge in [-0.05, 0) is 42.5 Å². The number of hydrogen-bond acceptors (Lipinski definition) is 6. The zero-order valence-electron chi connectivity index (χ0n) is 16.6. The lowest BCUT2D eigenvalue weighted by Gasteiger charge is -2.02. The number of hydrogen-bond donors (Lipinski definition) is 2. The van der Waals surface area contributed by atoms with E-state index < -0.39 is 0 Å². The molecule has 0 aliphatic rings. The highest BCUT2D eigenvalue weighted by Crippen LogP contribution is 2.36. The number of nitrogens with two attached hydrogens (primary N) is 1. The number of pyridine rings is 1. The number of amides is 1. The molecule has 3 aromatic heterocycles. The first-order valence-electron chi connectivity index (χ1n) is 9.56. The van der Waals surface area contributed by atoms with Crippen molar-refractivity contribution >= 4 is 84.4 Å². The second-order valence-electron chi connectivity index (χ2n) is 7.02. The third kappa shape index (κ3) is 4.43. The number of rotatable bonds is 4. The maximum Gasteiger partial charge on any atom is 0.269 e. The Bertz CT molecular complexity index is 1510. The molecule has 0 saturated carbocycles. The number of nitrogens with zero attached hydrogens (tertiary/aromatic N) is 2. The number of fused-ring (bicyclic) bond motifs is 1. The molecule has 0 atom stereocenters. The Hall–Kier alpha value is -2.68. The Morgan fingerprint density at radius 2 is 1.67 bits per heavy atom. The summed E-state index contributed by atoms with van der Waals surface area (Å²) >= 11 is 20.7. The van der Waals surface area contributed by atoms with Crippen LogP contribution in [0, 0.1) is 0 Å². The van der Waals surface area contributed by atoms with Crippen LogP contribution in [0.15, 0.2) is 60.0 Å². The van der Waals surface area contributed by atoms with Crippen LogP contribution in [0.4, 0.5) is 10.8 Å². The largest absolute Gasteiger partial charge is 0.397 e. The Kier molecular flexibility index (Phi) is 5.99. The summed E-state index contributed by atoms with van der Waals surface area (Å²) in [5.41, 5.74) is 9.75. The molecule has 33 heavy (non-hydrogen) atoms. The van der Waals surface area contributed by atoms with Crippen LogP contribution >= 0.6 is 57.5 Å². The molecule has 164 valence electrons. The zero-order chi connectivity index (χ0) is 23.1. The summed E-state index contributed by atoms with van der Waals surface area (Å²) in [6.45, 7) is 0. The van der Waals surface area contributed by atoms with Gasteiger partial charge in [-0.3, -0.25) is 10.1 Å². The van der Waals surface area contributed by atoms with Crippen LogP contribution in [0.1, 0.15) is 9.67 Å². The lowest BCUT2D eigenvalue weighted by atomic mass is 10.1. The van der Waals surface area contributed by atoms with Gasteiger partial charge in [0.05, 0.1) is 22.1 Å². The zero-order valence-corrected chi connectivity index (χ0v) is 20.5. The predicted octanol–water partition coefficient (Wildman–Crippen LogP) is 7.88. The molecule has 0 fully saturated rings. The molecule has 0 bridgehead atoms. The average molecular weight is 532 g/mol. The van der Waals surface area contributed by atoms with Gasteiger partial charge in [0, 0.05) is 31.9 Å². The lowest BCUT2D eigenvalue weighted by molar-refractivity contribution is 0.103. The third-order valence-corrected chi connectivity index (χ3v) is 7.54. The molecule has 0 spiro atoms.